The summed E-state index contributed by atoms with van der Waals surface area (Å²) in [6.07, 6.45) is 0. The maximum Gasteiger partial charge on any atom is 0.275 e. The first-order valence-electron chi connectivity index (χ1n) is 6.49. The fraction of sp³-hybridized carbons (Fsp3) is 0.200. The second-order valence-corrected chi connectivity index (χ2v) is 4.39. The number of hydrogen-bond donors (Lipinski definition) is 1. The molecule has 2 aromatic rings. The highest BCUT2D eigenvalue weighted by atomic mass is 19.1. The first-order valence-corrected chi connectivity index (χ1v) is 6.49. The summed E-state index contributed by atoms with van der Waals surface area (Å²) in [4.78, 5) is 10.4. The van der Waals surface area contributed by atoms with Gasteiger partial charge in [0.15, 0.2) is 0 Å². The van der Waals surface area contributed by atoms with Gasteiger partial charge in [-0.15, -0.1) is 0 Å². The number of nitrogens with one attached hydrogen (secondary N) is 1. The lowest BCUT2D eigenvalue weighted by Gasteiger charge is -2.09. The van der Waals surface area contributed by atoms with Crippen LogP contribution in [-0.2, 0) is 6.54 Å². The highest BCUT2D eigenvalue weighted by Gasteiger charge is 2.10. The number of nitro benzene ring substituents is 1. The van der Waals surface area contributed by atoms with E-state index in [0.717, 1.165) is 5.56 Å². The highest BCUT2D eigenvalue weighted by Crippen LogP contribution is 2.26. The second kappa shape index (κ2) is 6.69. The van der Waals surface area contributed by atoms with Gasteiger partial charge < -0.3 is 10.1 Å². The summed E-state index contributed by atoms with van der Waals surface area (Å²) in [7, 11) is 0. The molecule has 0 atom stereocenters. The van der Waals surface area contributed by atoms with E-state index in [2.05, 4.69) is 5.32 Å². The van der Waals surface area contributed by atoms with Gasteiger partial charge in [0.05, 0.1) is 17.6 Å². The van der Waals surface area contributed by atoms with Gasteiger partial charge in [-0.3, -0.25) is 10.1 Å². The van der Waals surface area contributed by atoms with E-state index in [9.17, 15) is 14.5 Å². The number of rotatable bonds is 6. The summed E-state index contributed by atoms with van der Waals surface area (Å²) in [5.74, 6) is 0.108. The van der Waals surface area contributed by atoms with Crippen molar-refractivity contribution in [2.75, 3.05) is 11.9 Å². The summed E-state index contributed by atoms with van der Waals surface area (Å²) >= 11 is 0. The van der Waals surface area contributed by atoms with E-state index in [-0.39, 0.29) is 11.5 Å². The Balaban J connectivity index is 2.16. The Hall–Kier alpha value is -2.63. The zero-order chi connectivity index (χ0) is 15.2. The molecule has 0 fully saturated rings. The lowest BCUT2D eigenvalue weighted by atomic mass is 10.2. The number of ether oxygens (including phenoxy) is 1. The Morgan fingerprint density at radius 3 is 2.76 bits per heavy atom. The Bertz CT molecular complexity index is 647. The maximum atomic E-state index is 13.1. The molecule has 0 radical (unpaired) electrons. The predicted molar refractivity (Wildman–Crippen MR) is 78.0 cm³/mol. The van der Waals surface area contributed by atoms with Crippen molar-refractivity contribution in [2.45, 2.75) is 13.5 Å². The molecule has 0 aromatic heterocycles. The molecule has 21 heavy (non-hydrogen) atoms. The zero-order valence-electron chi connectivity index (χ0n) is 11.5. The summed E-state index contributed by atoms with van der Waals surface area (Å²) in [5, 5.41) is 13.9. The van der Waals surface area contributed by atoms with Gasteiger partial charge in [-0.25, -0.2) is 4.39 Å². The third-order valence-corrected chi connectivity index (χ3v) is 2.80. The number of anilines is 1. The molecule has 0 aliphatic heterocycles. The van der Waals surface area contributed by atoms with Gasteiger partial charge in [-0.1, -0.05) is 12.1 Å². The minimum Gasteiger partial charge on any atom is -0.494 e. The molecule has 5 nitrogen and oxygen atoms in total. The number of non-ortho nitro benzene ring substituents is 1. The quantitative estimate of drug-likeness (QED) is 0.650. The van der Waals surface area contributed by atoms with Crippen LogP contribution in [0.1, 0.15) is 12.5 Å². The molecule has 0 amide bonds. The molecular formula is C15H15FN2O3. The fourth-order valence-corrected chi connectivity index (χ4v) is 1.89. The smallest absolute Gasteiger partial charge is 0.275 e. The van der Waals surface area contributed by atoms with Gasteiger partial charge in [0.1, 0.15) is 11.6 Å². The lowest BCUT2D eigenvalue weighted by Crippen LogP contribution is -2.02. The summed E-state index contributed by atoms with van der Waals surface area (Å²) in [6.45, 7) is 2.59. The molecule has 0 spiro atoms. The van der Waals surface area contributed by atoms with Crippen LogP contribution in [0.5, 0.6) is 5.75 Å². The Morgan fingerprint density at radius 2 is 2.10 bits per heavy atom. The number of nitro groups is 1. The molecule has 0 bridgehead atoms. The van der Waals surface area contributed by atoms with Crippen molar-refractivity contribution in [2.24, 2.45) is 0 Å². The molecule has 110 valence electrons. The van der Waals surface area contributed by atoms with E-state index >= 15 is 0 Å². The number of hydrogen-bond acceptors (Lipinski definition) is 4. The van der Waals surface area contributed by atoms with Crippen molar-refractivity contribution >= 4 is 11.4 Å². The van der Waals surface area contributed by atoms with E-state index in [1.807, 2.05) is 0 Å². The Labute approximate surface area is 121 Å². The van der Waals surface area contributed by atoms with E-state index in [4.69, 9.17) is 4.74 Å². The van der Waals surface area contributed by atoms with Gasteiger partial charge >= 0.3 is 0 Å². The Kier molecular flexibility index (Phi) is 4.71. The molecule has 0 heterocycles. The topological polar surface area (TPSA) is 64.4 Å². The maximum absolute atomic E-state index is 13.1. The van der Waals surface area contributed by atoms with Crippen molar-refractivity contribution in [3.8, 4) is 5.75 Å². The van der Waals surface area contributed by atoms with Gasteiger partial charge in [0.2, 0.25) is 0 Å². The molecule has 0 saturated carbocycles. The van der Waals surface area contributed by atoms with Crippen LogP contribution in [0.3, 0.4) is 0 Å². The van der Waals surface area contributed by atoms with Crippen molar-refractivity contribution in [3.05, 3.63) is 64.0 Å². The monoisotopic (exact) mass is 290 g/mol. The van der Waals surface area contributed by atoms with Crippen LogP contribution in [0.25, 0.3) is 0 Å². The van der Waals surface area contributed by atoms with Crippen LogP contribution in [-0.4, -0.2) is 11.5 Å². The van der Waals surface area contributed by atoms with Crippen LogP contribution in [0, 0.1) is 15.9 Å². The summed E-state index contributed by atoms with van der Waals surface area (Å²) in [5.41, 5.74) is 1.25. The summed E-state index contributed by atoms with van der Waals surface area (Å²) in [6, 6.07) is 10.6. The molecule has 0 aliphatic rings. The molecular weight excluding hydrogens is 275 g/mol. The van der Waals surface area contributed by atoms with Crippen LogP contribution in [0.4, 0.5) is 15.8 Å². The minimum absolute atomic E-state index is 0.0531. The molecule has 0 aliphatic carbocycles. The largest absolute Gasteiger partial charge is 0.494 e. The van der Waals surface area contributed by atoms with Crippen molar-refractivity contribution in [1.29, 1.82) is 0 Å². The van der Waals surface area contributed by atoms with Crippen molar-refractivity contribution in [3.63, 3.8) is 0 Å². The molecule has 0 unspecified atom stereocenters. The van der Waals surface area contributed by atoms with Crippen LogP contribution in [0.15, 0.2) is 42.5 Å². The summed E-state index contributed by atoms with van der Waals surface area (Å²) < 4.78 is 18.4. The van der Waals surface area contributed by atoms with Gasteiger partial charge in [0.25, 0.3) is 5.69 Å². The lowest BCUT2D eigenvalue weighted by molar-refractivity contribution is -0.384. The third-order valence-electron chi connectivity index (χ3n) is 2.80. The fourth-order valence-electron chi connectivity index (χ4n) is 1.89. The first-order chi connectivity index (χ1) is 10.1. The van der Waals surface area contributed by atoms with Crippen LogP contribution in [0.2, 0.25) is 0 Å². The number of nitrogens with zero attached hydrogens (tertiary/aromatic N) is 1. The molecule has 6 heteroatoms. The van der Waals surface area contributed by atoms with Crippen LogP contribution < -0.4 is 10.1 Å². The molecule has 2 aromatic carbocycles. The predicted octanol–water partition coefficient (Wildman–Crippen LogP) is 3.74. The number of halogens is 1. The normalized spacial score (nSPS) is 10.2. The van der Waals surface area contributed by atoms with Gasteiger partial charge in [-0.05, 0) is 24.6 Å². The average molecular weight is 290 g/mol. The van der Waals surface area contributed by atoms with E-state index in [1.165, 1.54) is 24.3 Å². The average Bonchev–Trinajstić information content (AvgIpc) is 2.45. The van der Waals surface area contributed by atoms with Crippen LogP contribution >= 0.6 is 0 Å². The van der Waals surface area contributed by atoms with Crippen molar-refractivity contribution in [1.82, 2.24) is 0 Å². The molecule has 2 rings (SSSR count). The standard InChI is InChI=1S/C15H15FN2O3/c1-2-21-15-8-13(7-14(9-15)18(19)20)17-10-11-4-3-5-12(16)6-11/h3-9,17H,2,10H2,1H3. The minimum atomic E-state index is -0.476. The van der Waals surface area contributed by atoms with Crippen molar-refractivity contribution < 1.29 is 14.1 Å². The third kappa shape index (κ3) is 4.17. The van der Waals surface area contributed by atoms with E-state index < -0.39 is 4.92 Å². The SMILES string of the molecule is CCOc1cc(NCc2cccc(F)c2)cc([N+](=O)[O-])c1. The first kappa shape index (κ1) is 14.8. The van der Waals surface area contributed by atoms with Gasteiger partial charge in [0, 0.05) is 24.4 Å². The second-order valence-electron chi connectivity index (χ2n) is 4.39. The molecule has 0 saturated heterocycles. The highest BCUT2D eigenvalue weighted by molar-refractivity contribution is 5.56. The Morgan fingerprint density at radius 1 is 1.29 bits per heavy atom. The number of benzene rings is 2. The molecule has 1 N–H and O–H groups in total. The van der Waals surface area contributed by atoms with Gasteiger partial charge in [-0.2, -0.15) is 0 Å². The van der Waals surface area contributed by atoms with E-state index in [1.54, 1.807) is 25.1 Å². The zero-order valence-corrected chi connectivity index (χ0v) is 11.5. The van der Waals surface area contributed by atoms with E-state index in [0.29, 0.717) is 24.6 Å².